The molecular formula is C29H34N4O2. The van der Waals surface area contributed by atoms with E-state index in [-0.39, 0.29) is 41.4 Å². The molecule has 0 N–H and O–H groups in total. The van der Waals surface area contributed by atoms with Crippen molar-refractivity contribution in [1.82, 2.24) is 19.2 Å². The van der Waals surface area contributed by atoms with Crippen LogP contribution in [0.15, 0.2) is 54.9 Å². The molecule has 2 aliphatic heterocycles. The van der Waals surface area contributed by atoms with Crippen LogP contribution in [0.4, 0.5) is 0 Å². The lowest BCUT2D eigenvalue weighted by atomic mass is 9.69. The number of imidazole rings is 1. The van der Waals surface area contributed by atoms with Gasteiger partial charge >= 0.3 is 0 Å². The SMILES string of the molecule is CC(=O)N1[C@@H](Cc2ccccc2)[C@@H]2C[C@@]3(C)[C@H](CCCC[C@@H]13)N2C(=O)c1cn2cccc(C)c2n1. The molecule has 1 aliphatic carbocycles. The maximum Gasteiger partial charge on any atom is 0.274 e. The van der Waals surface area contributed by atoms with E-state index in [4.69, 9.17) is 4.98 Å². The predicted octanol–water partition coefficient (Wildman–Crippen LogP) is 4.65. The van der Waals surface area contributed by atoms with Gasteiger partial charge in [0.15, 0.2) is 0 Å². The third-order valence-electron chi connectivity index (χ3n) is 8.99. The number of hydrogen-bond donors (Lipinski definition) is 0. The predicted molar refractivity (Wildman–Crippen MR) is 135 cm³/mol. The average Bonchev–Trinajstić information content (AvgIpc) is 3.34. The normalized spacial score (nSPS) is 29.9. The topological polar surface area (TPSA) is 57.9 Å². The Kier molecular flexibility index (Phi) is 5.24. The molecule has 2 saturated heterocycles. The van der Waals surface area contributed by atoms with Crippen molar-refractivity contribution in [3.63, 3.8) is 0 Å². The smallest absolute Gasteiger partial charge is 0.274 e. The van der Waals surface area contributed by atoms with E-state index in [1.807, 2.05) is 41.9 Å². The summed E-state index contributed by atoms with van der Waals surface area (Å²) in [5, 5.41) is 0. The monoisotopic (exact) mass is 470 g/mol. The number of piperidine rings is 1. The number of fused-ring (bicyclic) bond motifs is 2. The van der Waals surface area contributed by atoms with Gasteiger partial charge in [-0.1, -0.05) is 56.2 Å². The first kappa shape index (κ1) is 22.3. The first-order valence-electron chi connectivity index (χ1n) is 13.0. The van der Waals surface area contributed by atoms with Crippen LogP contribution in [0.5, 0.6) is 0 Å². The second kappa shape index (κ2) is 8.21. The number of carbonyl (C=O) groups is 2. The second-order valence-corrected chi connectivity index (χ2v) is 11.0. The first-order chi connectivity index (χ1) is 16.9. The van der Waals surface area contributed by atoms with Crippen LogP contribution in [0.1, 0.15) is 67.6 Å². The Bertz CT molecular complexity index is 1280. The van der Waals surface area contributed by atoms with E-state index >= 15 is 0 Å². The summed E-state index contributed by atoms with van der Waals surface area (Å²) >= 11 is 0. The minimum Gasteiger partial charge on any atom is -0.334 e. The molecule has 6 heteroatoms. The fourth-order valence-corrected chi connectivity index (χ4v) is 7.48. The lowest BCUT2D eigenvalue weighted by molar-refractivity contribution is -0.141. The second-order valence-electron chi connectivity index (χ2n) is 11.0. The van der Waals surface area contributed by atoms with Gasteiger partial charge < -0.3 is 14.2 Å². The summed E-state index contributed by atoms with van der Waals surface area (Å²) in [4.78, 5) is 36.5. The van der Waals surface area contributed by atoms with Crippen molar-refractivity contribution >= 4 is 17.5 Å². The zero-order chi connectivity index (χ0) is 24.3. The Balaban J connectivity index is 1.46. The van der Waals surface area contributed by atoms with E-state index in [0.717, 1.165) is 49.7 Å². The number of amides is 2. The van der Waals surface area contributed by atoms with Crippen LogP contribution in [-0.2, 0) is 11.2 Å². The van der Waals surface area contributed by atoms with Crippen LogP contribution in [0.25, 0.3) is 5.65 Å². The van der Waals surface area contributed by atoms with Crippen LogP contribution in [-0.4, -0.2) is 55.2 Å². The number of pyridine rings is 1. The molecule has 5 atom stereocenters. The lowest BCUT2D eigenvalue weighted by Crippen LogP contribution is -2.61. The Hall–Kier alpha value is -3.15. The van der Waals surface area contributed by atoms with E-state index in [1.165, 1.54) is 5.56 Å². The highest BCUT2D eigenvalue weighted by atomic mass is 16.2. The molecule has 0 radical (unpaired) electrons. The molecule has 0 spiro atoms. The Labute approximate surface area is 206 Å². The number of hydrogen-bond acceptors (Lipinski definition) is 3. The van der Waals surface area contributed by atoms with E-state index in [0.29, 0.717) is 5.69 Å². The van der Waals surface area contributed by atoms with Gasteiger partial charge in [0, 0.05) is 36.8 Å². The molecular weight excluding hydrogens is 436 g/mol. The minimum atomic E-state index is -0.0925. The number of likely N-dealkylation sites (tertiary alicyclic amines) is 2. The van der Waals surface area contributed by atoms with Gasteiger partial charge in [-0.15, -0.1) is 0 Å². The summed E-state index contributed by atoms with van der Waals surface area (Å²) in [5.74, 6) is 0.140. The van der Waals surface area contributed by atoms with Crippen LogP contribution in [0.3, 0.4) is 0 Å². The molecule has 0 unspecified atom stereocenters. The minimum absolute atomic E-state index is 0.0101. The van der Waals surface area contributed by atoms with Crippen LogP contribution in [0.2, 0.25) is 0 Å². The number of carbonyl (C=O) groups excluding carboxylic acids is 2. The van der Waals surface area contributed by atoms with E-state index < -0.39 is 0 Å². The zero-order valence-electron chi connectivity index (χ0n) is 20.9. The fourth-order valence-electron chi connectivity index (χ4n) is 7.48. The van der Waals surface area contributed by atoms with Crippen molar-refractivity contribution in [1.29, 1.82) is 0 Å². The first-order valence-corrected chi connectivity index (χ1v) is 13.0. The van der Waals surface area contributed by atoms with Crippen LogP contribution >= 0.6 is 0 Å². The standard InChI is InChI=1S/C29H34N4O2/c1-19-10-9-15-31-18-22(30-27(19)31)28(35)33-24-17-29(3)25(13-7-8-14-26(29)33)32(20(2)34)23(24)16-21-11-5-4-6-12-21/h4-6,9-12,15,18,23-26H,7-8,13-14,16-17H2,1-3H3/t23-,24-,25+,26-,29+/m0/s1. The Morgan fingerprint density at radius 3 is 2.43 bits per heavy atom. The van der Waals surface area contributed by atoms with Gasteiger partial charge in [0.25, 0.3) is 5.91 Å². The van der Waals surface area contributed by atoms with Gasteiger partial charge in [-0.3, -0.25) is 9.59 Å². The summed E-state index contributed by atoms with van der Waals surface area (Å²) in [6.45, 7) is 6.07. The number of rotatable bonds is 3. The van der Waals surface area contributed by atoms with Gasteiger partial charge in [-0.25, -0.2) is 4.98 Å². The number of aryl methyl sites for hydroxylation is 1. The highest BCUT2D eigenvalue weighted by molar-refractivity contribution is 5.94. The fraction of sp³-hybridized carbons (Fsp3) is 0.483. The molecule has 1 saturated carbocycles. The zero-order valence-corrected chi connectivity index (χ0v) is 20.9. The number of aromatic nitrogens is 2. The van der Waals surface area contributed by atoms with Crippen molar-refractivity contribution in [2.24, 2.45) is 5.41 Å². The molecule has 2 amide bonds. The molecule has 2 bridgehead atoms. The van der Waals surface area contributed by atoms with Gasteiger partial charge in [0.05, 0.1) is 12.1 Å². The molecule has 182 valence electrons. The third kappa shape index (κ3) is 3.40. The summed E-state index contributed by atoms with van der Waals surface area (Å²) in [6.07, 6.45) is 9.73. The molecule has 3 fully saturated rings. The van der Waals surface area contributed by atoms with Gasteiger partial charge in [0.1, 0.15) is 11.3 Å². The number of benzene rings is 1. The van der Waals surface area contributed by atoms with Crippen molar-refractivity contribution in [3.05, 3.63) is 71.7 Å². The Morgan fingerprint density at radius 2 is 1.74 bits per heavy atom. The largest absolute Gasteiger partial charge is 0.334 e. The quantitative estimate of drug-likeness (QED) is 0.560. The lowest BCUT2D eigenvalue weighted by Gasteiger charge is -2.50. The molecule has 1 aromatic carbocycles. The molecule has 4 heterocycles. The van der Waals surface area contributed by atoms with E-state index in [2.05, 4.69) is 41.0 Å². The van der Waals surface area contributed by atoms with Crippen LogP contribution < -0.4 is 0 Å². The molecule has 2 aromatic heterocycles. The molecule has 3 aromatic rings. The van der Waals surface area contributed by atoms with Crippen LogP contribution in [0, 0.1) is 12.3 Å². The summed E-state index contributed by atoms with van der Waals surface area (Å²) in [6, 6.07) is 14.7. The molecule has 6 nitrogen and oxygen atoms in total. The van der Waals surface area contributed by atoms with Crippen molar-refractivity contribution in [2.75, 3.05) is 0 Å². The molecule has 3 aliphatic rings. The Morgan fingerprint density at radius 1 is 1.03 bits per heavy atom. The van der Waals surface area contributed by atoms with Gasteiger partial charge in [0.2, 0.25) is 5.91 Å². The van der Waals surface area contributed by atoms with E-state index in [1.54, 1.807) is 6.92 Å². The van der Waals surface area contributed by atoms with Crippen molar-refractivity contribution < 1.29 is 9.59 Å². The van der Waals surface area contributed by atoms with E-state index in [9.17, 15) is 9.59 Å². The highest BCUT2D eigenvalue weighted by Crippen LogP contribution is 2.55. The van der Waals surface area contributed by atoms with Crippen molar-refractivity contribution in [2.45, 2.75) is 83.5 Å². The summed E-state index contributed by atoms with van der Waals surface area (Å²) < 4.78 is 1.95. The highest BCUT2D eigenvalue weighted by Gasteiger charge is 2.63. The summed E-state index contributed by atoms with van der Waals surface area (Å²) in [7, 11) is 0. The molecule has 35 heavy (non-hydrogen) atoms. The number of nitrogens with zero attached hydrogens (tertiary/aromatic N) is 4. The molecule has 6 rings (SSSR count). The van der Waals surface area contributed by atoms with Gasteiger partial charge in [-0.05, 0) is 49.8 Å². The van der Waals surface area contributed by atoms with Gasteiger partial charge in [-0.2, -0.15) is 0 Å². The maximum atomic E-state index is 14.2. The third-order valence-corrected chi connectivity index (χ3v) is 8.99. The summed E-state index contributed by atoms with van der Waals surface area (Å²) in [5.41, 5.74) is 3.50. The van der Waals surface area contributed by atoms with Crippen molar-refractivity contribution in [3.8, 4) is 0 Å². The maximum absolute atomic E-state index is 14.2. The average molecular weight is 471 g/mol.